The van der Waals surface area contributed by atoms with Crippen molar-refractivity contribution in [2.24, 2.45) is 11.7 Å². The summed E-state index contributed by atoms with van der Waals surface area (Å²) >= 11 is 0. The summed E-state index contributed by atoms with van der Waals surface area (Å²) in [5.41, 5.74) is 6.96. The third-order valence-electron chi connectivity index (χ3n) is 5.26. The molecule has 0 unspecified atom stereocenters. The molecule has 2 N–H and O–H groups in total. The standard InChI is InChI=1S/C19H28N2O3.ClH/c1-23-16-4-2-14(3-5-16)12-15-8-10-21(11-9-15)19(22)18-7-6-17(13-20)24-18;/h2-5,15,17-18H,6-13,20H2,1H3;1H/t17-,18+;/m1./s1. The summed E-state index contributed by atoms with van der Waals surface area (Å²) in [6.07, 6.45) is 4.70. The molecular weight excluding hydrogens is 340 g/mol. The van der Waals surface area contributed by atoms with Crippen LogP contribution in [0.25, 0.3) is 0 Å². The van der Waals surface area contributed by atoms with E-state index < -0.39 is 0 Å². The molecular formula is C19H29ClN2O3. The Morgan fingerprint density at radius 3 is 2.44 bits per heavy atom. The number of methoxy groups -OCH3 is 1. The quantitative estimate of drug-likeness (QED) is 0.866. The number of rotatable bonds is 5. The van der Waals surface area contributed by atoms with E-state index in [9.17, 15) is 4.79 Å². The summed E-state index contributed by atoms with van der Waals surface area (Å²) < 4.78 is 10.9. The average molecular weight is 369 g/mol. The minimum Gasteiger partial charge on any atom is -0.497 e. The number of hydrogen-bond acceptors (Lipinski definition) is 4. The van der Waals surface area contributed by atoms with Gasteiger partial charge in [-0.1, -0.05) is 12.1 Å². The van der Waals surface area contributed by atoms with Crippen molar-refractivity contribution in [2.75, 3.05) is 26.7 Å². The highest BCUT2D eigenvalue weighted by molar-refractivity contribution is 5.85. The second-order valence-corrected chi connectivity index (χ2v) is 6.88. The molecule has 0 aromatic heterocycles. The van der Waals surface area contributed by atoms with E-state index in [0.29, 0.717) is 12.5 Å². The zero-order chi connectivity index (χ0) is 16.9. The molecule has 1 aromatic rings. The number of ether oxygens (including phenoxy) is 2. The number of benzene rings is 1. The van der Waals surface area contributed by atoms with Crippen LogP contribution in [-0.4, -0.2) is 49.8 Å². The first kappa shape index (κ1) is 20.0. The lowest BCUT2D eigenvalue weighted by atomic mass is 9.90. The molecule has 2 atom stereocenters. The average Bonchev–Trinajstić information content (AvgIpc) is 3.11. The Morgan fingerprint density at radius 1 is 1.20 bits per heavy atom. The Bertz CT molecular complexity index is 544. The van der Waals surface area contributed by atoms with Crippen molar-refractivity contribution in [3.05, 3.63) is 29.8 Å². The third kappa shape index (κ3) is 5.09. The minimum absolute atomic E-state index is 0. The van der Waals surface area contributed by atoms with Crippen molar-refractivity contribution < 1.29 is 14.3 Å². The van der Waals surface area contributed by atoms with E-state index in [1.807, 2.05) is 17.0 Å². The van der Waals surface area contributed by atoms with Gasteiger partial charge in [0.1, 0.15) is 11.9 Å². The maximum absolute atomic E-state index is 12.5. The highest BCUT2D eigenvalue weighted by Crippen LogP contribution is 2.26. The molecule has 0 bridgehead atoms. The van der Waals surface area contributed by atoms with Gasteiger partial charge in [-0.2, -0.15) is 0 Å². The van der Waals surface area contributed by atoms with Crippen molar-refractivity contribution in [2.45, 2.75) is 44.3 Å². The smallest absolute Gasteiger partial charge is 0.251 e. The lowest BCUT2D eigenvalue weighted by molar-refractivity contribution is -0.144. The molecule has 2 heterocycles. The first-order chi connectivity index (χ1) is 11.7. The van der Waals surface area contributed by atoms with E-state index in [1.54, 1.807) is 7.11 Å². The number of carbonyl (C=O) groups is 1. The number of hydrogen-bond donors (Lipinski definition) is 1. The predicted molar refractivity (Wildman–Crippen MR) is 100 cm³/mol. The maximum atomic E-state index is 12.5. The SMILES string of the molecule is COc1ccc(CC2CCN(C(=O)[C@@H]3CC[C@H](CN)O3)CC2)cc1.Cl. The topological polar surface area (TPSA) is 64.8 Å². The van der Waals surface area contributed by atoms with Gasteiger partial charge in [-0.25, -0.2) is 0 Å². The summed E-state index contributed by atoms with van der Waals surface area (Å²) in [6, 6.07) is 8.30. The second kappa shape index (κ2) is 9.41. The second-order valence-electron chi connectivity index (χ2n) is 6.88. The molecule has 0 radical (unpaired) electrons. The molecule has 140 valence electrons. The van der Waals surface area contributed by atoms with Crippen LogP contribution in [0.2, 0.25) is 0 Å². The highest BCUT2D eigenvalue weighted by atomic mass is 35.5. The van der Waals surface area contributed by atoms with Crippen LogP contribution >= 0.6 is 12.4 Å². The van der Waals surface area contributed by atoms with Gasteiger partial charge in [-0.15, -0.1) is 12.4 Å². The molecule has 25 heavy (non-hydrogen) atoms. The van der Waals surface area contributed by atoms with Crippen molar-refractivity contribution in [3.63, 3.8) is 0 Å². The molecule has 2 aliphatic heterocycles. The Labute approximate surface area is 156 Å². The zero-order valence-electron chi connectivity index (χ0n) is 14.9. The molecule has 5 nitrogen and oxygen atoms in total. The fourth-order valence-corrected chi connectivity index (χ4v) is 3.72. The van der Waals surface area contributed by atoms with Gasteiger partial charge in [-0.3, -0.25) is 4.79 Å². The molecule has 0 aliphatic carbocycles. The number of piperidine rings is 1. The Kier molecular flexibility index (Phi) is 7.54. The molecule has 2 fully saturated rings. The van der Waals surface area contributed by atoms with E-state index in [0.717, 1.165) is 50.9 Å². The summed E-state index contributed by atoms with van der Waals surface area (Å²) in [5.74, 6) is 1.70. The van der Waals surface area contributed by atoms with Crippen LogP contribution in [0.5, 0.6) is 5.75 Å². The van der Waals surface area contributed by atoms with Gasteiger partial charge in [0.2, 0.25) is 0 Å². The lowest BCUT2D eigenvalue weighted by Crippen LogP contribution is -2.44. The predicted octanol–water partition coefficient (Wildman–Crippen LogP) is 2.40. The molecule has 1 aromatic carbocycles. The fraction of sp³-hybridized carbons (Fsp3) is 0.632. The van der Waals surface area contributed by atoms with E-state index in [1.165, 1.54) is 5.56 Å². The van der Waals surface area contributed by atoms with Gasteiger partial charge in [0.05, 0.1) is 13.2 Å². The molecule has 2 aliphatic rings. The number of likely N-dealkylation sites (tertiary alicyclic amines) is 1. The minimum atomic E-state index is -0.267. The van der Waals surface area contributed by atoms with Gasteiger partial charge >= 0.3 is 0 Å². The Hall–Kier alpha value is -1.30. The monoisotopic (exact) mass is 368 g/mol. The van der Waals surface area contributed by atoms with Crippen molar-refractivity contribution in [1.29, 1.82) is 0 Å². The number of carbonyl (C=O) groups excluding carboxylic acids is 1. The molecule has 0 saturated carbocycles. The zero-order valence-corrected chi connectivity index (χ0v) is 15.7. The Morgan fingerprint density at radius 2 is 1.88 bits per heavy atom. The van der Waals surface area contributed by atoms with Crippen LogP contribution in [0.1, 0.15) is 31.2 Å². The molecule has 2 saturated heterocycles. The largest absolute Gasteiger partial charge is 0.497 e. The van der Waals surface area contributed by atoms with Crippen LogP contribution in [0.15, 0.2) is 24.3 Å². The first-order valence-electron chi connectivity index (χ1n) is 8.97. The van der Waals surface area contributed by atoms with Crippen molar-refractivity contribution >= 4 is 18.3 Å². The van der Waals surface area contributed by atoms with Crippen molar-refractivity contribution in [3.8, 4) is 5.75 Å². The fourth-order valence-electron chi connectivity index (χ4n) is 3.72. The van der Waals surface area contributed by atoms with Crippen molar-refractivity contribution in [1.82, 2.24) is 4.90 Å². The summed E-state index contributed by atoms with van der Waals surface area (Å²) in [4.78, 5) is 14.5. The number of nitrogens with zero attached hydrogens (tertiary/aromatic N) is 1. The van der Waals surface area contributed by atoms with Crippen LogP contribution in [0, 0.1) is 5.92 Å². The van der Waals surface area contributed by atoms with Gasteiger partial charge in [0.15, 0.2) is 0 Å². The van der Waals surface area contributed by atoms with E-state index in [2.05, 4.69) is 12.1 Å². The maximum Gasteiger partial charge on any atom is 0.251 e. The highest BCUT2D eigenvalue weighted by Gasteiger charge is 2.34. The van der Waals surface area contributed by atoms with E-state index in [-0.39, 0.29) is 30.5 Å². The van der Waals surface area contributed by atoms with Gasteiger partial charge in [0, 0.05) is 19.6 Å². The van der Waals surface area contributed by atoms with Crippen LogP contribution < -0.4 is 10.5 Å². The number of nitrogens with two attached hydrogens (primary N) is 1. The van der Waals surface area contributed by atoms with Crippen LogP contribution in [-0.2, 0) is 16.0 Å². The number of halogens is 1. The van der Waals surface area contributed by atoms with Gasteiger partial charge < -0.3 is 20.1 Å². The summed E-state index contributed by atoms with van der Waals surface area (Å²) in [6.45, 7) is 2.19. The molecule has 6 heteroatoms. The molecule has 1 amide bonds. The first-order valence-corrected chi connectivity index (χ1v) is 8.97. The lowest BCUT2D eigenvalue weighted by Gasteiger charge is -2.33. The van der Waals surface area contributed by atoms with E-state index in [4.69, 9.17) is 15.2 Å². The summed E-state index contributed by atoms with van der Waals surface area (Å²) in [7, 11) is 1.69. The van der Waals surface area contributed by atoms with Crippen LogP contribution in [0.4, 0.5) is 0 Å². The number of amides is 1. The van der Waals surface area contributed by atoms with Crippen LogP contribution in [0.3, 0.4) is 0 Å². The van der Waals surface area contributed by atoms with Gasteiger partial charge in [-0.05, 0) is 55.7 Å². The molecule has 3 rings (SSSR count). The summed E-state index contributed by atoms with van der Waals surface area (Å²) in [5, 5.41) is 0. The third-order valence-corrected chi connectivity index (χ3v) is 5.26. The van der Waals surface area contributed by atoms with Gasteiger partial charge in [0.25, 0.3) is 5.91 Å². The normalized spacial score (nSPS) is 24.0. The molecule has 0 spiro atoms. The van der Waals surface area contributed by atoms with E-state index >= 15 is 0 Å². The Balaban J connectivity index is 0.00000225.